The van der Waals surface area contributed by atoms with Crippen molar-refractivity contribution in [2.75, 3.05) is 19.3 Å². The van der Waals surface area contributed by atoms with Gasteiger partial charge in [0.05, 0.1) is 6.07 Å². The second kappa shape index (κ2) is 3.64. The second-order valence-electron chi connectivity index (χ2n) is 3.67. The maximum Gasteiger partial charge on any atom is 0.227 e. The molecule has 0 amide bonds. The van der Waals surface area contributed by atoms with Crippen molar-refractivity contribution in [3.8, 4) is 6.07 Å². The Hall–Kier alpha value is -0.600. The molecule has 5 heteroatoms. The molecule has 0 bridgehead atoms. The molecule has 0 N–H and O–H groups in total. The molecule has 0 aliphatic heterocycles. The molecule has 1 aliphatic carbocycles. The number of nitrogens with zero attached hydrogens (tertiary/aromatic N) is 2. The molecule has 13 heavy (non-hydrogen) atoms. The standard InChI is InChI=1S/C8H14N2O2S/c1-7-5-8(7)6-10(2)13(11,12)4-3-9/h7-8H,4-6H2,1-2H3. The molecule has 1 aliphatic rings. The van der Waals surface area contributed by atoms with E-state index in [0.717, 1.165) is 6.42 Å². The summed E-state index contributed by atoms with van der Waals surface area (Å²) in [7, 11) is -1.78. The zero-order chi connectivity index (χ0) is 10.1. The summed E-state index contributed by atoms with van der Waals surface area (Å²) in [6.07, 6.45) is 1.10. The fraction of sp³-hybridized carbons (Fsp3) is 0.875. The van der Waals surface area contributed by atoms with E-state index in [1.165, 1.54) is 11.4 Å². The normalized spacial score (nSPS) is 27.2. The number of hydrogen-bond donors (Lipinski definition) is 0. The van der Waals surface area contributed by atoms with Gasteiger partial charge >= 0.3 is 0 Å². The largest absolute Gasteiger partial charge is 0.227 e. The molecule has 0 spiro atoms. The van der Waals surface area contributed by atoms with Crippen LogP contribution < -0.4 is 0 Å². The third-order valence-electron chi connectivity index (χ3n) is 2.49. The number of hydrogen-bond acceptors (Lipinski definition) is 3. The maximum atomic E-state index is 11.3. The lowest BCUT2D eigenvalue weighted by Crippen LogP contribution is -2.30. The van der Waals surface area contributed by atoms with Gasteiger partial charge in [-0.15, -0.1) is 0 Å². The third kappa shape index (κ3) is 2.68. The van der Waals surface area contributed by atoms with Crippen LogP contribution in [0.2, 0.25) is 0 Å². The van der Waals surface area contributed by atoms with Crippen LogP contribution in [0, 0.1) is 23.2 Å². The van der Waals surface area contributed by atoms with Crippen molar-refractivity contribution >= 4 is 10.0 Å². The number of nitriles is 1. The molecule has 0 aromatic heterocycles. The van der Waals surface area contributed by atoms with Crippen LogP contribution in [0.5, 0.6) is 0 Å². The summed E-state index contributed by atoms with van der Waals surface area (Å²) < 4.78 is 23.9. The van der Waals surface area contributed by atoms with Crippen molar-refractivity contribution in [3.63, 3.8) is 0 Å². The summed E-state index contributed by atoms with van der Waals surface area (Å²) >= 11 is 0. The third-order valence-corrected chi connectivity index (χ3v) is 4.08. The first-order valence-electron chi connectivity index (χ1n) is 4.28. The van der Waals surface area contributed by atoms with Crippen LogP contribution in [-0.2, 0) is 10.0 Å². The van der Waals surface area contributed by atoms with Crippen molar-refractivity contribution in [1.29, 1.82) is 5.26 Å². The van der Waals surface area contributed by atoms with Crippen molar-refractivity contribution < 1.29 is 8.42 Å². The van der Waals surface area contributed by atoms with Crippen LogP contribution in [0.1, 0.15) is 13.3 Å². The molecule has 1 rings (SSSR count). The lowest BCUT2D eigenvalue weighted by molar-refractivity contribution is 0.447. The van der Waals surface area contributed by atoms with Crippen molar-refractivity contribution in [2.24, 2.45) is 11.8 Å². The van der Waals surface area contributed by atoms with Crippen LogP contribution in [0.4, 0.5) is 0 Å². The van der Waals surface area contributed by atoms with Crippen LogP contribution in [-0.4, -0.2) is 32.1 Å². The minimum absolute atomic E-state index is 0.412. The first kappa shape index (κ1) is 10.5. The summed E-state index contributed by atoms with van der Waals surface area (Å²) in [5, 5.41) is 8.30. The van der Waals surface area contributed by atoms with Crippen LogP contribution in [0.15, 0.2) is 0 Å². The summed E-state index contributed by atoms with van der Waals surface area (Å²) in [4.78, 5) is 0. The zero-order valence-electron chi connectivity index (χ0n) is 7.90. The SMILES string of the molecule is CC1CC1CN(C)S(=O)(=O)CC#N. The van der Waals surface area contributed by atoms with Gasteiger partial charge in [0.1, 0.15) is 0 Å². The van der Waals surface area contributed by atoms with Gasteiger partial charge in [-0.3, -0.25) is 0 Å². The Morgan fingerprint density at radius 2 is 2.15 bits per heavy atom. The Morgan fingerprint density at radius 1 is 1.62 bits per heavy atom. The first-order chi connectivity index (χ1) is 5.97. The van der Waals surface area contributed by atoms with E-state index in [9.17, 15) is 8.42 Å². The molecule has 74 valence electrons. The van der Waals surface area contributed by atoms with Gasteiger partial charge in [-0.25, -0.2) is 12.7 Å². The lowest BCUT2D eigenvalue weighted by atomic mass is 10.3. The molecule has 0 aromatic carbocycles. The van der Waals surface area contributed by atoms with Gasteiger partial charge < -0.3 is 0 Å². The molecule has 0 saturated heterocycles. The van der Waals surface area contributed by atoms with E-state index in [2.05, 4.69) is 6.92 Å². The minimum Gasteiger partial charge on any atom is -0.211 e. The summed E-state index contributed by atoms with van der Waals surface area (Å²) in [6, 6.07) is 1.66. The Morgan fingerprint density at radius 3 is 2.54 bits per heavy atom. The predicted octanol–water partition coefficient (Wildman–Crippen LogP) is 0.428. The van der Waals surface area contributed by atoms with E-state index >= 15 is 0 Å². The van der Waals surface area contributed by atoms with Gasteiger partial charge in [0.25, 0.3) is 0 Å². The highest BCUT2D eigenvalue weighted by Crippen LogP contribution is 2.38. The molecule has 2 atom stereocenters. The fourth-order valence-electron chi connectivity index (χ4n) is 1.29. The highest BCUT2D eigenvalue weighted by Gasteiger charge is 2.35. The summed E-state index contributed by atoms with van der Waals surface area (Å²) in [5.41, 5.74) is 0. The van der Waals surface area contributed by atoms with E-state index in [0.29, 0.717) is 18.4 Å². The maximum absolute atomic E-state index is 11.3. The van der Waals surface area contributed by atoms with Gasteiger partial charge in [-0.05, 0) is 18.3 Å². The Bertz CT molecular complexity index is 318. The number of rotatable bonds is 4. The highest BCUT2D eigenvalue weighted by atomic mass is 32.2. The van der Waals surface area contributed by atoms with Crippen molar-refractivity contribution in [2.45, 2.75) is 13.3 Å². The molecule has 0 radical (unpaired) electrons. The predicted molar refractivity (Wildman–Crippen MR) is 49.3 cm³/mol. The second-order valence-corrected chi connectivity index (χ2v) is 5.74. The molecular formula is C8H14N2O2S. The molecule has 1 fully saturated rings. The van der Waals surface area contributed by atoms with Crippen LogP contribution >= 0.6 is 0 Å². The van der Waals surface area contributed by atoms with Crippen LogP contribution in [0.3, 0.4) is 0 Å². The quantitative estimate of drug-likeness (QED) is 0.664. The van der Waals surface area contributed by atoms with Crippen LogP contribution in [0.25, 0.3) is 0 Å². The van der Waals surface area contributed by atoms with E-state index in [-0.39, 0.29) is 0 Å². The molecule has 4 nitrogen and oxygen atoms in total. The average Bonchev–Trinajstić information content (AvgIpc) is 2.66. The van der Waals surface area contributed by atoms with Gasteiger partial charge in [-0.2, -0.15) is 5.26 Å². The van der Waals surface area contributed by atoms with E-state index in [1.807, 2.05) is 0 Å². The van der Waals surface area contributed by atoms with Crippen molar-refractivity contribution in [1.82, 2.24) is 4.31 Å². The topological polar surface area (TPSA) is 61.2 Å². The highest BCUT2D eigenvalue weighted by molar-refractivity contribution is 7.89. The smallest absolute Gasteiger partial charge is 0.211 e. The van der Waals surface area contributed by atoms with Crippen molar-refractivity contribution in [3.05, 3.63) is 0 Å². The Labute approximate surface area is 79.2 Å². The summed E-state index contributed by atoms with van der Waals surface area (Å²) in [6.45, 7) is 2.67. The van der Waals surface area contributed by atoms with Gasteiger partial charge in [0, 0.05) is 13.6 Å². The van der Waals surface area contributed by atoms with Gasteiger partial charge in [0.2, 0.25) is 10.0 Å². The lowest BCUT2D eigenvalue weighted by Gasteiger charge is -2.14. The monoisotopic (exact) mass is 202 g/mol. The van der Waals surface area contributed by atoms with E-state index in [1.54, 1.807) is 6.07 Å². The van der Waals surface area contributed by atoms with E-state index in [4.69, 9.17) is 5.26 Å². The number of sulfonamides is 1. The van der Waals surface area contributed by atoms with E-state index < -0.39 is 15.8 Å². The molecular weight excluding hydrogens is 188 g/mol. The molecule has 0 heterocycles. The van der Waals surface area contributed by atoms with Gasteiger partial charge in [-0.1, -0.05) is 6.92 Å². The average molecular weight is 202 g/mol. The fourth-order valence-corrected chi connectivity index (χ4v) is 2.09. The van der Waals surface area contributed by atoms with Gasteiger partial charge in [0.15, 0.2) is 5.75 Å². The molecule has 0 aromatic rings. The Balaban J connectivity index is 2.47. The zero-order valence-corrected chi connectivity index (χ0v) is 8.71. The summed E-state index contributed by atoms with van der Waals surface area (Å²) in [5.74, 6) is 0.725. The molecule has 1 saturated carbocycles. The first-order valence-corrected chi connectivity index (χ1v) is 5.89. The molecule has 2 unspecified atom stereocenters. The Kier molecular flexibility index (Phi) is 2.94. The minimum atomic E-state index is -3.32.